The van der Waals surface area contributed by atoms with Gasteiger partial charge < -0.3 is 19.7 Å². The number of benzene rings is 1. The summed E-state index contributed by atoms with van der Waals surface area (Å²) in [6.07, 6.45) is 3.35. The molecule has 1 saturated heterocycles. The number of nitrogens with one attached hydrogen (secondary N) is 1. The van der Waals surface area contributed by atoms with Gasteiger partial charge in [-0.2, -0.15) is 0 Å². The Morgan fingerprint density at radius 1 is 1.27 bits per heavy atom. The molecule has 0 aromatic heterocycles. The minimum absolute atomic E-state index is 0.380. The average Bonchev–Trinajstić information content (AvgIpc) is 2.92. The molecule has 1 aliphatic rings. The van der Waals surface area contributed by atoms with Crippen molar-refractivity contribution in [2.24, 2.45) is 5.41 Å². The summed E-state index contributed by atoms with van der Waals surface area (Å²) < 4.78 is 10.9. The summed E-state index contributed by atoms with van der Waals surface area (Å²) in [6.45, 7) is 6.64. The standard InChI is InChI=1S/C17H28N2O2S/c1-17(6-7-18-11-17)12-19(2)10-13-8-14(20-3)15(21-4)9-16(13)22-5/h8-9,18H,6-7,10-12H2,1-5H3. The van der Waals surface area contributed by atoms with Crippen LogP contribution < -0.4 is 14.8 Å². The molecule has 1 aliphatic heterocycles. The van der Waals surface area contributed by atoms with Gasteiger partial charge in [0, 0.05) is 24.5 Å². The van der Waals surface area contributed by atoms with Gasteiger partial charge in [0.2, 0.25) is 0 Å². The van der Waals surface area contributed by atoms with E-state index in [1.807, 2.05) is 0 Å². The van der Waals surface area contributed by atoms with E-state index in [0.717, 1.165) is 37.7 Å². The number of hydrogen-bond acceptors (Lipinski definition) is 5. The average molecular weight is 324 g/mol. The first-order valence-corrected chi connectivity index (χ1v) is 8.92. The Bertz CT molecular complexity index is 502. The van der Waals surface area contributed by atoms with Gasteiger partial charge in [-0.05, 0) is 49.4 Å². The molecule has 0 spiro atoms. The zero-order valence-electron chi connectivity index (χ0n) is 14.4. The summed E-state index contributed by atoms with van der Waals surface area (Å²) in [7, 11) is 5.57. The highest BCUT2D eigenvalue weighted by molar-refractivity contribution is 7.98. The van der Waals surface area contributed by atoms with Gasteiger partial charge in [0.25, 0.3) is 0 Å². The maximum absolute atomic E-state index is 5.45. The van der Waals surface area contributed by atoms with Crippen molar-refractivity contribution in [3.05, 3.63) is 17.7 Å². The molecule has 1 fully saturated rings. The lowest BCUT2D eigenvalue weighted by Gasteiger charge is -2.29. The highest BCUT2D eigenvalue weighted by Crippen LogP contribution is 2.35. The smallest absolute Gasteiger partial charge is 0.161 e. The van der Waals surface area contributed by atoms with Gasteiger partial charge in [-0.3, -0.25) is 0 Å². The van der Waals surface area contributed by atoms with Crippen LogP contribution in [0.4, 0.5) is 0 Å². The first kappa shape index (κ1) is 17.4. The normalized spacial score (nSPS) is 21.4. The summed E-state index contributed by atoms with van der Waals surface area (Å²) >= 11 is 1.75. The summed E-state index contributed by atoms with van der Waals surface area (Å²) in [5.74, 6) is 1.60. The van der Waals surface area contributed by atoms with E-state index in [2.05, 4.69) is 42.6 Å². The van der Waals surface area contributed by atoms with Gasteiger partial charge in [-0.25, -0.2) is 0 Å². The van der Waals surface area contributed by atoms with Crippen molar-refractivity contribution in [1.29, 1.82) is 0 Å². The highest BCUT2D eigenvalue weighted by atomic mass is 32.2. The van der Waals surface area contributed by atoms with Gasteiger partial charge in [0.1, 0.15) is 0 Å². The van der Waals surface area contributed by atoms with E-state index in [4.69, 9.17) is 9.47 Å². The van der Waals surface area contributed by atoms with Crippen LogP contribution >= 0.6 is 11.8 Å². The molecule has 22 heavy (non-hydrogen) atoms. The fourth-order valence-corrected chi connectivity index (χ4v) is 3.83. The van der Waals surface area contributed by atoms with Gasteiger partial charge in [0.15, 0.2) is 11.5 Å². The van der Waals surface area contributed by atoms with Crippen molar-refractivity contribution in [2.75, 3.05) is 47.2 Å². The molecule has 1 aromatic rings. The van der Waals surface area contributed by atoms with Crippen LogP contribution in [0, 0.1) is 5.41 Å². The van der Waals surface area contributed by atoms with Crippen LogP contribution in [-0.2, 0) is 6.54 Å². The molecule has 124 valence electrons. The number of thioether (sulfide) groups is 1. The molecule has 4 nitrogen and oxygen atoms in total. The molecular weight excluding hydrogens is 296 g/mol. The van der Waals surface area contributed by atoms with Crippen LogP contribution in [0.25, 0.3) is 0 Å². The Hall–Kier alpha value is -0.910. The predicted octanol–water partition coefficient (Wildman–Crippen LogP) is 2.86. The minimum Gasteiger partial charge on any atom is -0.493 e. The lowest BCUT2D eigenvalue weighted by Crippen LogP contribution is -2.34. The summed E-state index contributed by atoms with van der Waals surface area (Å²) in [5.41, 5.74) is 1.67. The molecule has 1 atom stereocenters. The van der Waals surface area contributed by atoms with Crippen LogP contribution in [0.5, 0.6) is 11.5 Å². The van der Waals surface area contributed by atoms with Crippen LogP contribution in [-0.4, -0.2) is 52.1 Å². The Balaban J connectivity index is 2.13. The van der Waals surface area contributed by atoms with Gasteiger partial charge in [0.05, 0.1) is 14.2 Å². The summed E-state index contributed by atoms with van der Waals surface area (Å²) in [6, 6.07) is 4.18. The maximum atomic E-state index is 5.45. The second-order valence-corrected chi connectivity index (χ2v) is 7.28. The molecule has 0 bridgehead atoms. The topological polar surface area (TPSA) is 33.7 Å². The molecule has 1 aromatic carbocycles. The molecule has 5 heteroatoms. The molecule has 0 radical (unpaired) electrons. The van der Waals surface area contributed by atoms with Crippen LogP contribution in [0.1, 0.15) is 18.9 Å². The van der Waals surface area contributed by atoms with Crippen LogP contribution in [0.2, 0.25) is 0 Å². The molecule has 0 amide bonds. The monoisotopic (exact) mass is 324 g/mol. The number of hydrogen-bond donors (Lipinski definition) is 1. The van der Waals surface area contributed by atoms with Crippen molar-refractivity contribution in [3.8, 4) is 11.5 Å². The Labute approximate surface area is 138 Å². The summed E-state index contributed by atoms with van der Waals surface area (Å²) in [4.78, 5) is 3.66. The zero-order chi connectivity index (χ0) is 16.2. The first-order valence-electron chi connectivity index (χ1n) is 7.69. The predicted molar refractivity (Wildman–Crippen MR) is 93.3 cm³/mol. The van der Waals surface area contributed by atoms with E-state index >= 15 is 0 Å². The van der Waals surface area contributed by atoms with E-state index in [1.54, 1.807) is 26.0 Å². The lowest BCUT2D eigenvalue weighted by atomic mass is 9.89. The largest absolute Gasteiger partial charge is 0.493 e. The van der Waals surface area contributed by atoms with E-state index in [1.165, 1.54) is 16.9 Å². The second-order valence-electron chi connectivity index (χ2n) is 6.43. The number of ether oxygens (including phenoxy) is 2. The van der Waals surface area contributed by atoms with E-state index in [-0.39, 0.29) is 0 Å². The van der Waals surface area contributed by atoms with Gasteiger partial charge in [-0.1, -0.05) is 6.92 Å². The van der Waals surface area contributed by atoms with Gasteiger partial charge in [-0.15, -0.1) is 11.8 Å². The van der Waals surface area contributed by atoms with Crippen LogP contribution in [0.3, 0.4) is 0 Å². The third kappa shape index (κ3) is 4.09. The minimum atomic E-state index is 0.380. The van der Waals surface area contributed by atoms with E-state index in [9.17, 15) is 0 Å². The number of nitrogens with zero attached hydrogens (tertiary/aromatic N) is 1. The quantitative estimate of drug-likeness (QED) is 0.780. The number of rotatable bonds is 7. The summed E-state index contributed by atoms with van der Waals surface area (Å²) in [5, 5.41) is 3.47. The SMILES string of the molecule is COc1cc(CN(C)CC2(C)CCNC2)c(SC)cc1OC. The van der Waals surface area contributed by atoms with Crippen molar-refractivity contribution in [2.45, 2.75) is 24.8 Å². The van der Waals surface area contributed by atoms with Crippen molar-refractivity contribution in [1.82, 2.24) is 10.2 Å². The third-order valence-corrected chi connectivity index (χ3v) is 5.16. The molecular formula is C17H28N2O2S. The molecule has 1 unspecified atom stereocenters. The maximum Gasteiger partial charge on any atom is 0.161 e. The first-order chi connectivity index (χ1) is 10.5. The number of methoxy groups -OCH3 is 2. The second kappa shape index (κ2) is 7.57. The van der Waals surface area contributed by atoms with Gasteiger partial charge >= 0.3 is 0 Å². The van der Waals surface area contributed by atoms with Crippen molar-refractivity contribution < 1.29 is 9.47 Å². The zero-order valence-corrected chi connectivity index (χ0v) is 15.2. The molecule has 0 aliphatic carbocycles. The fraction of sp³-hybridized carbons (Fsp3) is 0.647. The molecule has 2 rings (SSSR count). The molecule has 1 N–H and O–H groups in total. The Kier molecular flexibility index (Phi) is 6.01. The molecule has 1 heterocycles. The van der Waals surface area contributed by atoms with Crippen molar-refractivity contribution in [3.63, 3.8) is 0 Å². The highest BCUT2D eigenvalue weighted by Gasteiger charge is 2.29. The third-order valence-electron chi connectivity index (χ3n) is 4.34. The lowest BCUT2D eigenvalue weighted by molar-refractivity contribution is 0.202. The van der Waals surface area contributed by atoms with Crippen molar-refractivity contribution >= 4 is 11.8 Å². The fourth-order valence-electron chi connectivity index (χ4n) is 3.22. The van der Waals surface area contributed by atoms with E-state index < -0.39 is 0 Å². The Morgan fingerprint density at radius 2 is 1.95 bits per heavy atom. The van der Waals surface area contributed by atoms with Crippen LogP contribution in [0.15, 0.2) is 17.0 Å². The molecule has 0 saturated carbocycles. The Morgan fingerprint density at radius 3 is 2.50 bits per heavy atom. The van der Waals surface area contributed by atoms with E-state index in [0.29, 0.717) is 5.41 Å².